The van der Waals surface area contributed by atoms with E-state index < -0.39 is 0 Å². The van der Waals surface area contributed by atoms with E-state index in [1.807, 2.05) is 13.0 Å². The number of hydrogen-bond acceptors (Lipinski definition) is 3. The Labute approximate surface area is 93.4 Å². The number of pyridine rings is 1. The Morgan fingerprint density at radius 3 is 2.88 bits per heavy atom. The van der Waals surface area contributed by atoms with Gasteiger partial charge in [0.25, 0.3) is 0 Å². The van der Waals surface area contributed by atoms with Crippen LogP contribution >= 0.6 is 0 Å². The lowest BCUT2D eigenvalue weighted by atomic mass is 10.1. The quantitative estimate of drug-likeness (QED) is 0.581. The van der Waals surface area contributed by atoms with E-state index >= 15 is 0 Å². The number of carbonyl (C=O) groups is 1. The molecule has 0 aliphatic heterocycles. The molecule has 0 atom stereocenters. The molecule has 0 unspecified atom stereocenters. The third kappa shape index (κ3) is 2.45. The van der Waals surface area contributed by atoms with Crippen molar-refractivity contribution in [1.29, 1.82) is 0 Å². The Kier molecular flexibility index (Phi) is 2.96. The fourth-order valence-electron chi connectivity index (χ4n) is 1.25. The summed E-state index contributed by atoms with van der Waals surface area (Å²) < 4.78 is 5.08. The molecule has 0 aliphatic carbocycles. The Balaban J connectivity index is 2.11. The second kappa shape index (κ2) is 4.57. The minimum absolute atomic E-state index is 0.0797. The highest BCUT2D eigenvalue weighted by Gasteiger charge is 2.01. The number of rotatable bonds is 3. The van der Waals surface area contributed by atoms with Crippen LogP contribution in [-0.4, -0.2) is 10.8 Å². The molecule has 2 aromatic heterocycles. The summed E-state index contributed by atoms with van der Waals surface area (Å²) in [5.41, 5.74) is 1.47. The van der Waals surface area contributed by atoms with Gasteiger partial charge in [-0.2, -0.15) is 0 Å². The maximum atomic E-state index is 11.7. The minimum atomic E-state index is -0.0797. The van der Waals surface area contributed by atoms with Gasteiger partial charge in [-0.15, -0.1) is 0 Å². The van der Waals surface area contributed by atoms with Crippen LogP contribution in [-0.2, 0) is 0 Å². The van der Waals surface area contributed by atoms with E-state index in [1.165, 1.54) is 6.08 Å². The second-order valence-corrected chi connectivity index (χ2v) is 3.40. The zero-order valence-electron chi connectivity index (χ0n) is 8.88. The molecule has 2 heterocycles. The topological polar surface area (TPSA) is 43.1 Å². The average Bonchev–Trinajstić information content (AvgIpc) is 2.80. The van der Waals surface area contributed by atoms with Crippen molar-refractivity contribution in [1.82, 2.24) is 4.98 Å². The first kappa shape index (κ1) is 10.4. The minimum Gasteiger partial charge on any atom is -0.465 e. The van der Waals surface area contributed by atoms with Crippen molar-refractivity contribution in [3.8, 4) is 0 Å². The molecule has 16 heavy (non-hydrogen) atoms. The number of carbonyl (C=O) groups excluding carboxylic acids is 1. The SMILES string of the molecule is Cc1ccc(C(=O)/C=C/c2ccco2)cn1. The van der Waals surface area contributed by atoms with Crippen LogP contribution in [0.3, 0.4) is 0 Å². The molecular formula is C13H11NO2. The Morgan fingerprint density at radius 1 is 1.38 bits per heavy atom. The zero-order valence-corrected chi connectivity index (χ0v) is 8.88. The third-order valence-electron chi connectivity index (χ3n) is 2.14. The fraction of sp³-hybridized carbons (Fsp3) is 0.0769. The Hall–Kier alpha value is -2.16. The van der Waals surface area contributed by atoms with Crippen LogP contribution in [0.25, 0.3) is 6.08 Å². The van der Waals surface area contributed by atoms with Crippen molar-refractivity contribution >= 4 is 11.9 Å². The smallest absolute Gasteiger partial charge is 0.187 e. The van der Waals surface area contributed by atoms with Crippen LogP contribution in [0.15, 0.2) is 47.2 Å². The molecule has 2 aromatic rings. The zero-order chi connectivity index (χ0) is 11.4. The van der Waals surface area contributed by atoms with Gasteiger partial charge in [0.1, 0.15) is 5.76 Å². The number of aryl methyl sites for hydroxylation is 1. The van der Waals surface area contributed by atoms with Gasteiger partial charge in [0.15, 0.2) is 5.78 Å². The number of ketones is 1. The van der Waals surface area contributed by atoms with E-state index in [1.54, 1.807) is 36.7 Å². The molecule has 0 N–H and O–H groups in total. The predicted octanol–water partition coefficient (Wildman–Crippen LogP) is 2.88. The maximum absolute atomic E-state index is 11.7. The summed E-state index contributed by atoms with van der Waals surface area (Å²) in [5.74, 6) is 0.581. The predicted molar refractivity (Wildman–Crippen MR) is 61.0 cm³/mol. The van der Waals surface area contributed by atoms with Crippen molar-refractivity contribution in [2.24, 2.45) is 0 Å². The highest BCUT2D eigenvalue weighted by Crippen LogP contribution is 2.06. The molecule has 3 heteroatoms. The van der Waals surface area contributed by atoms with Crippen LogP contribution in [0, 0.1) is 6.92 Å². The van der Waals surface area contributed by atoms with Gasteiger partial charge in [0.05, 0.1) is 6.26 Å². The largest absolute Gasteiger partial charge is 0.465 e. The number of hydrogen-bond donors (Lipinski definition) is 0. The summed E-state index contributed by atoms with van der Waals surface area (Å²) in [4.78, 5) is 15.7. The highest BCUT2D eigenvalue weighted by molar-refractivity contribution is 6.06. The van der Waals surface area contributed by atoms with Gasteiger partial charge in [-0.1, -0.05) is 0 Å². The molecule has 0 aromatic carbocycles. The number of aromatic nitrogens is 1. The van der Waals surface area contributed by atoms with Gasteiger partial charge in [0, 0.05) is 17.5 Å². The highest BCUT2D eigenvalue weighted by atomic mass is 16.3. The molecule has 0 aliphatic rings. The lowest BCUT2D eigenvalue weighted by Crippen LogP contribution is -1.95. The van der Waals surface area contributed by atoms with Crippen molar-refractivity contribution < 1.29 is 9.21 Å². The third-order valence-corrected chi connectivity index (χ3v) is 2.14. The molecule has 0 spiro atoms. The van der Waals surface area contributed by atoms with E-state index in [9.17, 15) is 4.79 Å². The van der Waals surface area contributed by atoms with Crippen LogP contribution in [0.1, 0.15) is 21.8 Å². The van der Waals surface area contributed by atoms with Crippen molar-refractivity contribution in [2.45, 2.75) is 6.92 Å². The maximum Gasteiger partial charge on any atom is 0.187 e. The molecular weight excluding hydrogens is 202 g/mol. The lowest BCUT2D eigenvalue weighted by Gasteiger charge is -1.95. The molecule has 2 rings (SSSR count). The molecule has 0 radical (unpaired) electrons. The Bertz CT molecular complexity index is 495. The first-order valence-corrected chi connectivity index (χ1v) is 4.94. The molecule has 0 fully saturated rings. The van der Waals surface area contributed by atoms with Gasteiger partial charge in [-0.25, -0.2) is 0 Å². The van der Waals surface area contributed by atoms with Gasteiger partial charge in [-0.05, 0) is 43.3 Å². The summed E-state index contributed by atoms with van der Waals surface area (Å²) in [5, 5.41) is 0. The van der Waals surface area contributed by atoms with E-state index in [2.05, 4.69) is 4.98 Å². The summed E-state index contributed by atoms with van der Waals surface area (Å²) in [6.07, 6.45) is 6.26. The normalized spacial score (nSPS) is 10.8. The summed E-state index contributed by atoms with van der Waals surface area (Å²) in [6.45, 7) is 1.88. The van der Waals surface area contributed by atoms with Crippen LogP contribution in [0.2, 0.25) is 0 Å². The lowest BCUT2D eigenvalue weighted by molar-refractivity contribution is 0.104. The van der Waals surface area contributed by atoms with Gasteiger partial charge in [0.2, 0.25) is 0 Å². The first-order valence-electron chi connectivity index (χ1n) is 4.94. The van der Waals surface area contributed by atoms with Gasteiger partial charge in [-0.3, -0.25) is 9.78 Å². The molecule has 3 nitrogen and oxygen atoms in total. The van der Waals surface area contributed by atoms with E-state index in [0.29, 0.717) is 11.3 Å². The standard InChI is InChI=1S/C13H11NO2/c1-10-4-5-11(9-14-10)13(15)7-6-12-3-2-8-16-12/h2-9H,1H3/b7-6+. The average molecular weight is 213 g/mol. The van der Waals surface area contributed by atoms with Gasteiger partial charge >= 0.3 is 0 Å². The number of furan rings is 1. The second-order valence-electron chi connectivity index (χ2n) is 3.40. The number of allylic oxidation sites excluding steroid dienone is 1. The van der Waals surface area contributed by atoms with Crippen molar-refractivity contribution in [3.63, 3.8) is 0 Å². The van der Waals surface area contributed by atoms with Crippen molar-refractivity contribution in [2.75, 3.05) is 0 Å². The molecule has 0 amide bonds. The van der Waals surface area contributed by atoms with Crippen LogP contribution < -0.4 is 0 Å². The van der Waals surface area contributed by atoms with E-state index in [4.69, 9.17) is 4.42 Å². The number of nitrogens with zero attached hydrogens (tertiary/aromatic N) is 1. The first-order chi connectivity index (χ1) is 7.75. The summed E-state index contributed by atoms with van der Waals surface area (Å²) in [7, 11) is 0. The monoisotopic (exact) mass is 213 g/mol. The van der Waals surface area contributed by atoms with Crippen LogP contribution in [0.4, 0.5) is 0 Å². The van der Waals surface area contributed by atoms with Gasteiger partial charge < -0.3 is 4.42 Å². The summed E-state index contributed by atoms with van der Waals surface area (Å²) in [6, 6.07) is 7.14. The molecule has 0 saturated heterocycles. The Morgan fingerprint density at radius 2 is 2.25 bits per heavy atom. The van der Waals surface area contributed by atoms with Crippen LogP contribution in [0.5, 0.6) is 0 Å². The van der Waals surface area contributed by atoms with E-state index in [-0.39, 0.29) is 5.78 Å². The molecule has 0 saturated carbocycles. The summed E-state index contributed by atoms with van der Waals surface area (Å²) >= 11 is 0. The molecule has 0 bridgehead atoms. The van der Waals surface area contributed by atoms with E-state index in [0.717, 1.165) is 5.69 Å². The fourth-order valence-corrected chi connectivity index (χ4v) is 1.25. The van der Waals surface area contributed by atoms with Crippen molar-refractivity contribution in [3.05, 3.63) is 59.8 Å². The molecule has 80 valence electrons.